The van der Waals surface area contributed by atoms with E-state index < -0.39 is 12.6 Å². The number of fused-ring (bicyclic) bond motifs is 3. The minimum absolute atomic E-state index is 0.241. The molecule has 0 aromatic heterocycles. The van der Waals surface area contributed by atoms with Crippen molar-refractivity contribution in [2.24, 2.45) is 4.99 Å². The molecule has 0 N–H and O–H groups in total. The van der Waals surface area contributed by atoms with Gasteiger partial charge in [0, 0.05) is 12.5 Å². The molecule has 28 heavy (non-hydrogen) atoms. The van der Waals surface area contributed by atoms with Gasteiger partial charge in [-0.05, 0) is 5.56 Å². The van der Waals surface area contributed by atoms with E-state index in [4.69, 9.17) is 23.7 Å². The fourth-order valence-corrected chi connectivity index (χ4v) is 3.94. The molecule has 3 heterocycles. The summed E-state index contributed by atoms with van der Waals surface area (Å²) in [5.74, 6) is 0.638. The molecule has 6 atom stereocenters. The SMILES string of the molecule is CC1=NC2C(O1)[C@@H]1OC(c3ccccc3)OC[C@H]1O[C@@H]2OCc1ccccc1. The molecule has 2 fully saturated rings. The van der Waals surface area contributed by atoms with Crippen LogP contribution in [0.5, 0.6) is 0 Å². The summed E-state index contributed by atoms with van der Waals surface area (Å²) in [6.07, 6.45) is -1.69. The highest BCUT2D eigenvalue weighted by Crippen LogP contribution is 2.38. The predicted octanol–water partition coefficient (Wildman–Crippen LogP) is 3.23. The second kappa shape index (κ2) is 7.64. The van der Waals surface area contributed by atoms with Crippen molar-refractivity contribution in [3.8, 4) is 0 Å². The zero-order chi connectivity index (χ0) is 18.9. The molecule has 0 amide bonds. The molecule has 146 valence electrons. The number of rotatable bonds is 4. The van der Waals surface area contributed by atoms with Crippen LogP contribution in [-0.2, 0) is 30.3 Å². The molecule has 6 heteroatoms. The molecule has 3 unspecified atom stereocenters. The van der Waals surface area contributed by atoms with Gasteiger partial charge in [-0.2, -0.15) is 0 Å². The molecule has 0 radical (unpaired) electrons. The Bertz CT molecular complexity index is 827. The van der Waals surface area contributed by atoms with Gasteiger partial charge < -0.3 is 23.7 Å². The smallest absolute Gasteiger partial charge is 0.184 e. The van der Waals surface area contributed by atoms with Gasteiger partial charge in [-0.15, -0.1) is 0 Å². The van der Waals surface area contributed by atoms with E-state index in [1.807, 2.05) is 67.6 Å². The maximum absolute atomic E-state index is 6.25. The topological polar surface area (TPSA) is 58.5 Å². The Morgan fingerprint density at radius 1 is 0.964 bits per heavy atom. The summed E-state index contributed by atoms with van der Waals surface area (Å²) in [4.78, 5) is 4.62. The molecular weight excluding hydrogens is 358 g/mol. The van der Waals surface area contributed by atoms with Crippen LogP contribution in [0.2, 0.25) is 0 Å². The third kappa shape index (κ3) is 3.44. The summed E-state index contributed by atoms with van der Waals surface area (Å²) in [5, 5.41) is 0. The zero-order valence-corrected chi connectivity index (χ0v) is 15.6. The van der Waals surface area contributed by atoms with Crippen molar-refractivity contribution in [2.75, 3.05) is 6.61 Å². The van der Waals surface area contributed by atoms with Crippen LogP contribution in [0.3, 0.4) is 0 Å². The molecule has 3 aliphatic heterocycles. The number of nitrogens with zero attached hydrogens (tertiary/aromatic N) is 1. The Morgan fingerprint density at radius 2 is 1.71 bits per heavy atom. The molecule has 6 nitrogen and oxygen atoms in total. The Labute approximate surface area is 164 Å². The third-order valence-electron chi connectivity index (χ3n) is 5.27. The van der Waals surface area contributed by atoms with E-state index in [0.29, 0.717) is 19.1 Å². The lowest BCUT2D eigenvalue weighted by molar-refractivity contribution is -0.338. The molecule has 5 rings (SSSR count). The molecule has 0 saturated carbocycles. The van der Waals surface area contributed by atoms with Crippen molar-refractivity contribution in [2.45, 2.75) is 50.5 Å². The summed E-state index contributed by atoms with van der Waals surface area (Å²) in [7, 11) is 0. The Kier molecular flexibility index (Phi) is 4.86. The second-order valence-corrected chi connectivity index (χ2v) is 7.24. The van der Waals surface area contributed by atoms with E-state index in [2.05, 4.69) is 4.99 Å². The van der Waals surface area contributed by atoms with E-state index in [0.717, 1.165) is 11.1 Å². The first-order chi connectivity index (χ1) is 13.8. The van der Waals surface area contributed by atoms with Gasteiger partial charge in [-0.25, -0.2) is 4.99 Å². The average molecular weight is 381 g/mol. The lowest BCUT2D eigenvalue weighted by Gasteiger charge is -2.45. The van der Waals surface area contributed by atoms with Crippen molar-refractivity contribution in [3.05, 3.63) is 71.8 Å². The standard InChI is InChI=1S/C22H23NO5/c1-14-23-18-20(26-14)19-17(13-25-21(28-19)16-10-6-3-7-11-16)27-22(18)24-12-15-8-4-2-5-9-15/h2-11,17-22H,12-13H2,1H3/t17-,18?,19-,20?,21?,22+/m1/s1. The van der Waals surface area contributed by atoms with Crippen LogP contribution in [0.4, 0.5) is 0 Å². The molecule has 2 saturated heterocycles. The minimum Gasteiger partial charge on any atom is -0.473 e. The summed E-state index contributed by atoms with van der Waals surface area (Å²) >= 11 is 0. The van der Waals surface area contributed by atoms with Crippen LogP contribution >= 0.6 is 0 Å². The predicted molar refractivity (Wildman–Crippen MR) is 102 cm³/mol. The molecular formula is C22H23NO5. The van der Waals surface area contributed by atoms with Gasteiger partial charge in [-0.1, -0.05) is 60.7 Å². The van der Waals surface area contributed by atoms with Gasteiger partial charge in [0.15, 0.2) is 24.6 Å². The van der Waals surface area contributed by atoms with Crippen molar-refractivity contribution < 1.29 is 23.7 Å². The molecule has 3 aliphatic rings. The first-order valence-electron chi connectivity index (χ1n) is 9.62. The van der Waals surface area contributed by atoms with Gasteiger partial charge in [0.2, 0.25) is 0 Å². The van der Waals surface area contributed by atoms with Crippen LogP contribution in [0, 0.1) is 0 Å². The summed E-state index contributed by atoms with van der Waals surface area (Å²) in [6, 6.07) is 19.7. The first kappa shape index (κ1) is 17.8. The van der Waals surface area contributed by atoms with Crippen LogP contribution in [-0.4, -0.2) is 43.1 Å². The van der Waals surface area contributed by atoms with Gasteiger partial charge in [-0.3, -0.25) is 0 Å². The monoisotopic (exact) mass is 381 g/mol. The lowest BCUT2D eigenvalue weighted by Crippen LogP contribution is -2.61. The first-order valence-corrected chi connectivity index (χ1v) is 9.62. The highest BCUT2D eigenvalue weighted by atomic mass is 16.8. The molecule has 2 aromatic rings. The number of hydrogen-bond donors (Lipinski definition) is 0. The Hall–Kier alpha value is -2.25. The number of aliphatic imine (C=N–C) groups is 1. The largest absolute Gasteiger partial charge is 0.473 e. The zero-order valence-electron chi connectivity index (χ0n) is 15.6. The van der Waals surface area contributed by atoms with Crippen LogP contribution in [0.1, 0.15) is 24.3 Å². The van der Waals surface area contributed by atoms with Gasteiger partial charge in [0.05, 0.1) is 13.2 Å². The van der Waals surface area contributed by atoms with E-state index >= 15 is 0 Å². The van der Waals surface area contributed by atoms with Crippen molar-refractivity contribution in [1.82, 2.24) is 0 Å². The van der Waals surface area contributed by atoms with Gasteiger partial charge in [0.1, 0.15) is 18.2 Å². The molecule has 0 spiro atoms. The van der Waals surface area contributed by atoms with E-state index in [9.17, 15) is 0 Å². The Balaban J connectivity index is 1.31. The van der Waals surface area contributed by atoms with Crippen molar-refractivity contribution in [1.29, 1.82) is 0 Å². The molecule has 2 aromatic carbocycles. The molecule has 0 bridgehead atoms. The Morgan fingerprint density at radius 3 is 2.50 bits per heavy atom. The molecule has 0 aliphatic carbocycles. The minimum atomic E-state index is -0.496. The second-order valence-electron chi connectivity index (χ2n) is 7.24. The quantitative estimate of drug-likeness (QED) is 0.814. The summed E-state index contributed by atoms with van der Waals surface area (Å²) in [5.41, 5.74) is 2.07. The normalized spacial score (nSPS) is 34.1. The van der Waals surface area contributed by atoms with E-state index in [1.165, 1.54) is 0 Å². The lowest BCUT2D eigenvalue weighted by atomic mass is 9.96. The van der Waals surface area contributed by atoms with E-state index in [1.54, 1.807) is 0 Å². The van der Waals surface area contributed by atoms with Gasteiger partial charge in [0.25, 0.3) is 0 Å². The highest BCUT2D eigenvalue weighted by Gasteiger charge is 2.54. The fourth-order valence-electron chi connectivity index (χ4n) is 3.94. The maximum Gasteiger partial charge on any atom is 0.184 e. The van der Waals surface area contributed by atoms with Gasteiger partial charge >= 0.3 is 0 Å². The highest BCUT2D eigenvalue weighted by molar-refractivity contribution is 5.75. The average Bonchev–Trinajstić information content (AvgIpc) is 3.15. The van der Waals surface area contributed by atoms with E-state index in [-0.39, 0.29) is 24.4 Å². The fraction of sp³-hybridized carbons (Fsp3) is 0.409. The van der Waals surface area contributed by atoms with Crippen molar-refractivity contribution in [3.63, 3.8) is 0 Å². The third-order valence-corrected chi connectivity index (χ3v) is 5.27. The summed E-state index contributed by atoms with van der Waals surface area (Å²) < 4.78 is 30.5. The van der Waals surface area contributed by atoms with Crippen LogP contribution in [0.25, 0.3) is 0 Å². The number of benzene rings is 2. The number of hydrogen-bond acceptors (Lipinski definition) is 6. The van der Waals surface area contributed by atoms with Crippen LogP contribution in [0.15, 0.2) is 65.7 Å². The number of ether oxygens (including phenoxy) is 5. The maximum atomic E-state index is 6.25. The summed E-state index contributed by atoms with van der Waals surface area (Å²) in [6.45, 7) is 2.73. The van der Waals surface area contributed by atoms with Crippen LogP contribution < -0.4 is 0 Å². The van der Waals surface area contributed by atoms with Crippen molar-refractivity contribution >= 4 is 5.90 Å².